The molecular weight excluding hydrogens is 196 g/mol. The van der Waals surface area contributed by atoms with E-state index in [1.54, 1.807) is 0 Å². The maximum absolute atomic E-state index is 5.83. The van der Waals surface area contributed by atoms with Gasteiger partial charge in [0.1, 0.15) is 0 Å². The molecule has 1 rings (SSSR count). The smallest absolute Gasteiger partial charge is 0.0406 e. The Bertz CT molecular complexity index is 271. The zero-order valence-electron chi connectivity index (χ0n) is 8.63. The van der Waals surface area contributed by atoms with Crippen molar-refractivity contribution in [2.75, 3.05) is 13.6 Å². The third kappa shape index (κ3) is 2.71. The van der Waals surface area contributed by atoms with Crippen LogP contribution in [0.5, 0.6) is 0 Å². The molecule has 0 amide bonds. The molecule has 78 valence electrons. The Morgan fingerprint density at radius 1 is 1.36 bits per heavy atom. The van der Waals surface area contributed by atoms with Gasteiger partial charge in [0.15, 0.2) is 0 Å². The number of halogens is 1. The average molecular weight is 213 g/mol. The highest BCUT2D eigenvalue weighted by Crippen LogP contribution is 2.22. The summed E-state index contributed by atoms with van der Waals surface area (Å²) >= 11 is 5.83. The Morgan fingerprint density at radius 2 is 1.93 bits per heavy atom. The fourth-order valence-corrected chi connectivity index (χ4v) is 1.71. The summed E-state index contributed by atoms with van der Waals surface area (Å²) in [6, 6.07) is 8.19. The van der Waals surface area contributed by atoms with Crippen molar-refractivity contribution >= 4 is 11.6 Å². The number of rotatable bonds is 4. The number of hydrogen-bond donors (Lipinski definition) is 2. The quantitative estimate of drug-likeness (QED) is 0.803. The number of nitrogens with two attached hydrogens (primary N) is 1. The molecule has 0 saturated heterocycles. The fourth-order valence-electron chi connectivity index (χ4n) is 1.59. The molecule has 0 saturated carbocycles. The number of nitrogens with one attached hydrogen (secondary N) is 1. The van der Waals surface area contributed by atoms with Gasteiger partial charge in [0.2, 0.25) is 0 Å². The highest BCUT2D eigenvalue weighted by Gasteiger charge is 2.15. The Labute approximate surface area is 90.4 Å². The summed E-state index contributed by atoms with van der Waals surface area (Å²) < 4.78 is 0. The zero-order valence-corrected chi connectivity index (χ0v) is 9.38. The van der Waals surface area contributed by atoms with Gasteiger partial charge in [0, 0.05) is 11.1 Å². The summed E-state index contributed by atoms with van der Waals surface area (Å²) in [5, 5.41) is 4.03. The van der Waals surface area contributed by atoms with Crippen LogP contribution < -0.4 is 11.1 Å². The lowest BCUT2D eigenvalue weighted by Crippen LogP contribution is -2.28. The lowest BCUT2D eigenvalue weighted by molar-refractivity contribution is 0.419. The largest absolute Gasteiger partial charge is 0.330 e. The standard InChI is InChI=1S/C11H17ClN2/c1-8(7-13)11(14-2)9-3-5-10(12)6-4-9/h3-6,8,11,14H,7,13H2,1-2H3. The van der Waals surface area contributed by atoms with E-state index in [-0.39, 0.29) is 0 Å². The normalized spacial score (nSPS) is 15.1. The monoisotopic (exact) mass is 212 g/mol. The van der Waals surface area contributed by atoms with Crippen molar-refractivity contribution in [2.45, 2.75) is 13.0 Å². The Morgan fingerprint density at radius 3 is 2.36 bits per heavy atom. The minimum absolute atomic E-state index is 0.303. The molecule has 3 N–H and O–H groups in total. The van der Waals surface area contributed by atoms with Crippen LogP contribution in [-0.2, 0) is 0 Å². The van der Waals surface area contributed by atoms with E-state index in [4.69, 9.17) is 17.3 Å². The van der Waals surface area contributed by atoms with Gasteiger partial charge in [-0.3, -0.25) is 0 Å². The van der Waals surface area contributed by atoms with Crippen LogP contribution >= 0.6 is 11.6 Å². The van der Waals surface area contributed by atoms with Crippen LogP contribution in [0, 0.1) is 5.92 Å². The predicted molar refractivity (Wildman–Crippen MR) is 61.5 cm³/mol. The van der Waals surface area contributed by atoms with Crippen molar-refractivity contribution in [1.29, 1.82) is 0 Å². The van der Waals surface area contributed by atoms with Crippen molar-refractivity contribution in [1.82, 2.24) is 5.32 Å². The summed E-state index contributed by atoms with van der Waals surface area (Å²) in [6.07, 6.45) is 0. The molecule has 0 aliphatic carbocycles. The lowest BCUT2D eigenvalue weighted by Gasteiger charge is -2.22. The third-order valence-electron chi connectivity index (χ3n) is 2.48. The summed E-state index contributed by atoms with van der Waals surface area (Å²) in [5.74, 6) is 0.418. The first-order valence-corrected chi connectivity index (χ1v) is 5.19. The molecule has 2 nitrogen and oxygen atoms in total. The second-order valence-corrected chi connectivity index (χ2v) is 3.97. The summed E-state index contributed by atoms with van der Waals surface area (Å²) in [6.45, 7) is 2.81. The Balaban J connectivity index is 2.84. The van der Waals surface area contributed by atoms with Crippen LogP contribution in [0.15, 0.2) is 24.3 Å². The summed E-state index contributed by atoms with van der Waals surface area (Å²) in [5.41, 5.74) is 6.88. The number of benzene rings is 1. The lowest BCUT2D eigenvalue weighted by atomic mass is 9.95. The van der Waals surface area contributed by atoms with Gasteiger partial charge in [-0.1, -0.05) is 30.7 Å². The molecule has 0 aliphatic heterocycles. The van der Waals surface area contributed by atoms with Crippen molar-refractivity contribution in [3.8, 4) is 0 Å². The first kappa shape index (κ1) is 11.5. The van der Waals surface area contributed by atoms with Crippen LogP contribution in [0.4, 0.5) is 0 Å². The number of hydrogen-bond acceptors (Lipinski definition) is 2. The van der Waals surface area contributed by atoms with Gasteiger partial charge in [-0.05, 0) is 37.2 Å². The van der Waals surface area contributed by atoms with E-state index in [0.717, 1.165) is 5.02 Å². The van der Waals surface area contributed by atoms with Gasteiger partial charge >= 0.3 is 0 Å². The molecule has 0 aliphatic rings. The van der Waals surface area contributed by atoms with E-state index in [1.165, 1.54) is 5.56 Å². The van der Waals surface area contributed by atoms with Crippen LogP contribution in [0.3, 0.4) is 0 Å². The van der Waals surface area contributed by atoms with E-state index in [1.807, 2.05) is 31.3 Å². The second kappa shape index (κ2) is 5.35. The maximum Gasteiger partial charge on any atom is 0.0406 e. The molecule has 1 aromatic carbocycles. The molecule has 0 heterocycles. The molecule has 14 heavy (non-hydrogen) atoms. The van der Waals surface area contributed by atoms with E-state index < -0.39 is 0 Å². The van der Waals surface area contributed by atoms with Crippen LogP contribution in [-0.4, -0.2) is 13.6 Å². The molecule has 0 fully saturated rings. The van der Waals surface area contributed by atoms with E-state index in [9.17, 15) is 0 Å². The Kier molecular flexibility index (Phi) is 4.39. The molecule has 0 bridgehead atoms. The molecule has 2 unspecified atom stereocenters. The summed E-state index contributed by atoms with van der Waals surface area (Å²) in [7, 11) is 1.95. The molecule has 3 heteroatoms. The van der Waals surface area contributed by atoms with Crippen molar-refractivity contribution in [2.24, 2.45) is 11.7 Å². The minimum atomic E-state index is 0.303. The van der Waals surface area contributed by atoms with Crippen molar-refractivity contribution < 1.29 is 0 Å². The van der Waals surface area contributed by atoms with Crippen LogP contribution in [0.1, 0.15) is 18.5 Å². The van der Waals surface area contributed by atoms with E-state index >= 15 is 0 Å². The van der Waals surface area contributed by atoms with Gasteiger partial charge in [-0.25, -0.2) is 0 Å². The fraction of sp³-hybridized carbons (Fsp3) is 0.455. The van der Waals surface area contributed by atoms with Gasteiger partial charge in [-0.15, -0.1) is 0 Å². The van der Waals surface area contributed by atoms with Gasteiger partial charge < -0.3 is 11.1 Å². The molecule has 0 radical (unpaired) electrons. The van der Waals surface area contributed by atoms with Gasteiger partial charge in [-0.2, -0.15) is 0 Å². The van der Waals surface area contributed by atoms with Gasteiger partial charge in [0.25, 0.3) is 0 Å². The highest BCUT2D eigenvalue weighted by atomic mass is 35.5. The highest BCUT2D eigenvalue weighted by molar-refractivity contribution is 6.30. The Hall–Kier alpha value is -0.570. The van der Waals surface area contributed by atoms with E-state index in [2.05, 4.69) is 12.2 Å². The molecule has 0 spiro atoms. The first-order valence-electron chi connectivity index (χ1n) is 4.81. The van der Waals surface area contributed by atoms with Gasteiger partial charge in [0.05, 0.1) is 0 Å². The molecule has 1 aromatic rings. The first-order chi connectivity index (χ1) is 6.69. The molecule has 0 aromatic heterocycles. The molecule has 2 atom stereocenters. The van der Waals surface area contributed by atoms with Crippen LogP contribution in [0.25, 0.3) is 0 Å². The topological polar surface area (TPSA) is 38.0 Å². The predicted octanol–water partition coefficient (Wildman–Crippen LogP) is 2.20. The minimum Gasteiger partial charge on any atom is -0.330 e. The SMILES string of the molecule is CNC(c1ccc(Cl)cc1)C(C)CN. The second-order valence-electron chi connectivity index (χ2n) is 3.53. The van der Waals surface area contributed by atoms with Crippen LogP contribution in [0.2, 0.25) is 5.02 Å². The average Bonchev–Trinajstić information content (AvgIpc) is 2.21. The molecular formula is C11H17ClN2. The van der Waals surface area contributed by atoms with Crippen molar-refractivity contribution in [3.05, 3.63) is 34.9 Å². The van der Waals surface area contributed by atoms with Crippen molar-refractivity contribution in [3.63, 3.8) is 0 Å². The van der Waals surface area contributed by atoms with E-state index in [0.29, 0.717) is 18.5 Å². The third-order valence-corrected chi connectivity index (χ3v) is 2.73. The summed E-state index contributed by atoms with van der Waals surface area (Å²) in [4.78, 5) is 0. The maximum atomic E-state index is 5.83. The zero-order chi connectivity index (χ0) is 10.6.